The van der Waals surface area contributed by atoms with Gasteiger partial charge in [-0.25, -0.2) is 0 Å². The Hall–Kier alpha value is -1.56. The Morgan fingerprint density at radius 2 is 2.15 bits per heavy atom. The SMILES string of the molecule is Nc1[nH]ncc1-c1ccc(CN2CCOCC2)c(Cl)c1. The van der Waals surface area contributed by atoms with E-state index >= 15 is 0 Å². The largest absolute Gasteiger partial charge is 0.384 e. The summed E-state index contributed by atoms with van der Waals surface area (Å²) in [5, 5.41) is 7.42. The zero-order valence-corrected chi connectivity index (χ0v) is 11.9. The highest BCUT2D eigenvalue weighted by molar-refractivity contribution is 6.31. The zero-order chi connectivity index (χ0) is 13.9. The standard InChI is InChI=1S/C14H17ClN4O/c15-13-7-10(12-8-17-18-14(12)16)1-2-11(13)9-19-3-5-20-6-4-19/h1-2,7-8H,3-6,9H2,(H3,16,17,18). The van der Waals surface area contributed by atoms with Crippen molar-refractivity contribution in [3.8, 4) is 11.1 Å². The predicted octanol–water partition coefficient (Wildman–Crippen LogP) is 2.14. The van der Waals surface area contributed by atoms with Crippen LogP contribution in [-0.2, 0) is 11.3 Å². The lowest BCUT2D eigenvalue weighted by Crippen LogP contribution is -2.35. The van der Waals surface area contributed by atoms with Gasteiger partial charge in [0.25, 0.3) is 0 Å². The van der Waals surface area contributed by atoms with Gasteiger partial charge in [0, 0.05) is 30.2 Å². The van der Waals surface area contributed by atoms with E-state index < -0.39 is 0 Å². The van der Waals surface area contributed by atoms with E-state index in [0.717, 1.165) is 54.6 Å². The minimum atomic E-state index is 0.557. The van der Waals surface area contributed by atoms with Crippen LogP contribution in [0.3, 0.4) is 0 Å². The summed E-state index contributed by atoms with van der Waals surface area (Å²) >= 11 is 6.39. The Morgan fingerprint density at radius 3 is 2.80 bits per heavy atom. The number of aromatic nitrogens is 2. The molecule has 6 heteroatoms. The molecule has 1 aromatic heterocycles. The maximum absolute atomic E-state index is 6.39. The fourth-order valence-electron chi connectivity index (χ4n) is 2.37. The number of rotatable bonds is 3. The molecule has 20 heavy (non-hydrogen) atoms. The highest BCUT2D eigenvalue weighted by Crippen LogP contribution is 2.28. The lowest BCUT2D eigenvalue weighted by Gasteiger charge is -2.27. The number of anilines is 1. The van der Waals surface area contributed by atoms with Crippen molar-refractivity contribution in [3.05, 3.63) is 35.0 Å². The van der Waals surface area contributed by atoms with Crippen LogP contribution in [0.5, 0.6) is 0 Å². The molecule has 0 unspecified atom stereocenters. The van der Waals surface area contributed by atoms with E-state index in [0.29, 0.717) is 5.82 Å². The lowest BCUT2D eigenvalue weighted by molar-refractivity contribution is 0.0342. The maximum atomic E-state index is 6.39. The van der Waals surface area contributed by atoms with Gasteiger partial charge in [0.1, 0.15) is 5.82 Å². The van der Waals surface area contributed by atoms with Crippen LogP contribution in [0.1, 0.15) is 5.56 Å². The van der Waals surface area contributed by atoms with Gasteiger partial charge in [0.05, 0.1) is 19.4 Å². The molecule has 1 fully saturated rings. The van der Waals surface area contributed by atoms with Gasteiger partial charge >= 0.3 is 0 Å². The summed E-state index contributed by atoms with van der Waals surface area (Å²) in [5.74, 6) is 0.557. The number of ether oxygens (including phenoxy) is 1. The molecule has 0 bridgehead atoms. The first kappa shape index (κ1) is 13.4. The van der Waals surface area contributed by atoms with Crippen molar-refractivity contribution in [2.45, 2.75) is 6.54 Å². The van der Waals surface area contributed by atoms with Crippen molar-refractivity contribution < 1.29 is 4.74 Å². The fourth-order valence-corrected chi connectivity index (χ4v) is 2.61. The predicted molar refractivity (Wildman–Crippen MR) is 79.5 cm³/mol. The number of nitrogens with one attached hydrogen (secondary N) is 1. The van der Waals surface area contributed by atoms with E-state index in [1.54, 1.807) is 6.20 Å². The maximum Gasteiger partial charge on any atom is 0.126 e. The summed E-state index contributed by atoms with van der Waals surface area (Å²) in [4.78, 5) is 2.34. The molecule has 1 aliphatic rings. The second-order valence-corrected chi connectivity index (χ2v) is 5.30. The van der Waals surface area contributed by atoms with Crippen LogP contribution in [0.2, 0.25) is 5.02 Å². The Labute approximate surface area is 122 Å². The quantitative estimate of drug-likeness (QED) is 0.909. The molecule has 3 N–H and O–H groups in total. The van der Waals surface area contributed by atoms with E-state index in [1.807, 2.05) is 12.1 Å². The molecule has 2 aromatic rings. The molecule has 1 aromatic carbocycles. The first-order chi connectivity index (χ1) is 9.74. The Bertz CT molecular complexity index is 593. The van der Waals surface area contributed by atoms with Crippen LogP contribution in [-0.4, -0.2) is 41.4 Å². The minimum absolute atomic E-state index is 0.557. The number of halogens is 1. The highest BCUT2D eigenvalue weighted by atomic mass is 35.5. The van der Waals surface area contributed by atoms with Crippen molar-refractivity contribution in [2.24, 2.45) is 0 Å². The summed E-state index contributed by atoms with van der Waals surface area (Å²) in [6, 6.07) is 6.03. The fraction of sp³-hybridized carbons (Fsp3) is 0.357. The monoisotopic (exact) mass is 292 g/mol. The summed E-state index contributed by atoms with van der Waals surface area (Å²) < 4.78 is 5.35. The van der Waals surface area contributed by atoms with E-state index in [4.69, 9.17) is 22.1 Å². The minimum Gasteiger partial charge on any atom is -0.384 e. The molecule has 0 spiro atoms. The van der Waals surface area contributed by atoms with E-state index in [1.165, 1.54) is 0 Å². The summed E-state index contributed by atoms with van der Waals surface area (Å²) in [6.45, 7) is 4.34. The van der Waals surface area contributed by atoms with Crippen molar-refractivity contribution in [1.29, 1.82) is 0 Å². The van der Waals surface area contributed by atoms with Crippen LogP contribution in [0.15, 0.2) is 24.4 Å². The molecule has 0 amide bonds. The second-order valence-electron chi connectivity index (χ2n) is 4.89. The molecule has 1 saturated heterocycles. The Kier molecular flexibility index (Phi) is 3.91. The van der Waals surface area contributed by atoms with Gasteiger partial charge in [-0.2, -0.15) is 5.10 Å². The average molecular weight is 293 g/mol. The van der Waals surface area contributed by atoms with Crippen LogP contribution < -0.4 is 5.73 Å². The van der Waals surface area contributed by atoms with Gasteiger partial charge in [-0.3, -0.25) is 10.00 Å². The van der Waals surface area contributed by atoms with Gasteiger partial charge in [-0.1, -0.05) is 23.7 Å². The number of nitrogens with zero attached hydrogens (tertiary/aromatic N) is 2. The van der Waals surface area contributed by atoms with Crippen molar-refractivity contribution >= 4 is 17.4 Å². The van der Waals surface area contributed by atoms with Gasteiger partial charge < -0.3 is 10.5 Å². The molecule has 5 nitrogen and oxygen atoms in total. The molecule has 0 radical (unpaired) electrons. The third-order valence-electron chi connectivity index (χ3n) is 3.53. The van der Waals surface area contributed by atoms with Gasteiger partial charge in [0.15, 0.2) is 0 Å². The molecular formula is C14H17ClN4O. The number of H-pyrrole nitrogens is 1. The lowest BCUT2D eigenvalue weighted by atomic mass is 10.1. The number of aromatic amines is 1. The van der Waals surface area contributed by atoms with E-state index in [9.17, 15) is 0 Å². The molecule has 0 aliphatic carbocycles. The first-order valence-electron chi connectivity index (χ1n) is 6.62. The second kappa shape index (κ2) is 5.83. The van der Waals surface area contributed by atoms with Crippen LogP contribution in [0, 0.1) is 0 Å². The third kappa shape index (κ3) is 2.80. The first-order valence-corrected chi connectivity index (χ1v) is 6.99. The smallest absolute Gasteiger partial charge is 0.126 e. The number of hydrogen-bond acceptors (Lipinski definition) is 4. The van der Waals surface area contributed by atoms with Gasteiger partial charge in [0.2, 0.25) is 0 Å². The normalized spacial score (nSPS) is 16.4. The molecule has 2 heterocycles. The van der Waals surface area contributed by atoms with Crippen molar-refractivity contribution in [3.63, 3.8) is 0 Å². The molecule has 106 valence electrons. The van der Waals surface area contributed by atoms with E-state index in [-0.39, 0.29) is 0 Å². The molecular weight excluding hydrogens is 276 g/mol. The number of nitrogens with two attached hydrogens (primary N) is 1. The molecule has 0 saturated carbocycles. The van der Waals surface area contributed by atoms with E-state index in [2.05, 4.69) is 21.2 Å². The summed E-state index contributed by atoms with van der Waals surface area (Å²) in [5.41, 5.74) is 8.81. The number of hydrogen-bond donors (Lipinski definition) is 2. The van der Waals surface area contributed by atoms with Crippen LogP contribution in [0.25, 0.3) is 11.1 Å². The number of nitrogen functional groups attached to an aromatic ring is 1. The summed E-state index contributed by atoms with van der Waals surface area (Å²) in [6.07, 6.45) is 1.71. The highest BCUT2D eigenvalue weighted by Gasteiger charge is 2.13. The van der Waals surface area contributed by atoms with Gasteiger partial charge in [-0.05, 0) is 17.2 Å². The number of morpholine rings is 1. The Balaban J connectivity index is 1.79. The molecule has 0 atom stereocenters. The van der Waals surface area contributed by atoms with Crippen LogP contribution >= 0.6 is 11.6 Å². The van der Waals surface area contributed by atoms with Crippen molar-refractivity contribution in [1.82, 2.24) is 15.1 Å². The zero-order valence-electron chi connectivity index (χ0n) is 11.1. The topological polar surface area (TPSA) is 67.2 Å². The Morgan fingerprint density at radius 1 is 1.35 bits per heavy atom. The third-order valence-corrected chi connectivity index (χ3v) is 3.88. The summed E-state index contributed by atoms with van der Waals surface area (Å²) in [7, 11) is 0. The number of benzene rings is 1. The van der Waals surface area contributed by atoms with Crippen molar-refractivity contribution in [2.75, 3.05) is 32.0 Å². The molecule has 3 rings (SSSR count). The molecule has 1 aliphatic heterocycles. The van der Waals surface area contributed by atoms with Gasteiger partial charge in [-0.15, -0.1) is 0 Å². The van der Waals surface area contributed by atoms with Crippen LogP contribution in [0.4, 0.5) is 5.82 Å². The average Bonchev–Trinajstić information content (AvgIpc) is 2.88.